The van der Waals surface area contributed by atoms with Crippen molar-refractivity contribution in [2.24, 2.45) is 5.73 Å². The standard InChI is InChI=1S/C22H19ClF2N4O3/c1-12-27-20(32-11-14-2-4-16(24)9-18(14)25)19(23)21(30)29(12)17-5-3-13-6-7-28(22(26)31)10-15(13)8-17/h2-5,8-9H,6-7,10-11H2,1H3,(H2,26,31). The second-order valence-corrected chi connectivity index (χ2v) is 7.78. The molecule has 4 rings (SSSR count). The summed E-state index contributed by atoms with van der Waals surface area (Å²) in [5.41, 5.74) is 7.41. The summed E-state index contributed by atoms with van der Waals surface area (Å²) < 4.78 is 33.7. The molecular formula is C22H19ClF2N4O3. The van der Waals surface area contributed by atoms with E-state index in [4.69, 9.17) is 22.1 Å². The van der Waals surface area contributed by atoms with Crippen molar-refractivity contribution in [3.8, 4) is 11.6 Å². The summed E-state index contributed by atoms with van der Waals surface area (Å²) in [4.78, 5) is 30.3. The van der Waals surface area contributed by atoms with Gasteiger partial charge in [-0.3, -0.25) is 9.36 Å². The molecular weight excluding hydrogens is 442 g/mol. The van der Waals surface area contributed by atoms with Crippen molar-refractivity contribution in [3.63, 3.8) is 0 Å². The Hall–Kier alpha value is -3.46. The van der Waals surface area contributed by atoms with E-state index in [9.17, 15) is 18.4 Å². The van der Waals surface area contributed by atoms with Crippen molar-refractivity contribution in [2.75, 3.05) is 6.54 Å². The van der Waals surface area contributed by atoms with Crippen LogP contribution < -0.4 is 16.0 Å². The van der Waals surface area contributed by atoms with Crippen molar-refractivity contribution < 1.29 is 18.3 Å². The SMILES string of the molecule is Cc1nc(OCc2ccc(F)cc2F)c(Cl)c(=O)n1-c1ccc2c(c1)CN(C(N)=O)CC2. The molecule has 0 saturated carbocycles. The minimum atomic E-state index is -0.773. The van der Waals surface area contributed by atoms with E-state index >= 15 is 0 Å². The van der Waals surface area contributed by atoms with E-state index in [1.54, 1.807) is 19.1 Å². The Morgan fingerprint density at radius 3 is 2.72 bits per heavy atom. The van der Waals surface area contributed by atoms with Crippen LogP contribution in [0.1, 0.15) is 22.5 Å². The first-order valence-corrected chi connectivity index (χ1v) is 10.1. The Morgan fingerprint density at radius 1 is 1.22 bits per heavy atom. The Morgan fingerprint density at radius 2 is 2.00 bits per heavy atom. The number of benzene rings is 2. The van der Waals surface area contributed by atoms with Crippen molar-refractivity contribution in [1.82, 2.24) is 14.5 Å². The number of hydrogen-bond acceptors (Lipinski definition) is 4. The average Bonchev–Trinajstić information content (AvgIpc) is 2.75. The lowest BCUT2D eigenvalue weighted by Gasteiger charge is -2.27. The van der Waals surface area contributed by atoms with Gasteiger partial charge in [-0.05, 0) is 48.7 Å². The molecule has 0 fully saturated rings. The molecule has 2 N–H and O–H groups in total. The first-order chi connectivity index (χ1) is 15.2. The van der Waals surface area contributed by atoms with Crippen molar-refractivity contribution in [1.29, 1.82) is 0 Å². The number of primary amides is 1. The van der Waals surface area contributed by atoms with E-state index in [-0.39, 0.29) is 23.1 Å². The summed E-state index contributed by atoms with van der Waals surface area (Å²) in [5, 5.41) is -0.269. The molecule has 166 valence electrons. The number of carbonyl (C=O) groups is 1. The van der Waals surface area contributed by atoms with E-state index in [0.29, 0.717) is 31.0 Å². The number of nitrogens with two attached hydrogens (primary N) is 1. The number of aryl methyl sites for hydroxylation is 1. The van der Waals surface area contributed by atoms with Gasteiger partial charge in [0.15, 0.2) is 5.02 Å². The van der Waals surface area contributed by atoms with E-state index in [1.807, 2.05) is 6.07 Å². The van der Waals surface area contributed by atoms with Crippen LogP contribution in [0.5, 0.6) is 5.88 Å². The number of fused-ring (bicyclic) bond motifs is 1. The lowest BCUT2D eigenvalue weighted by molar-refractivity contribution is 0.202. The van der Waals surface area contributed by atoms with Crippen LogP contribution in [-0.2, 0) is 19.6 Å². The maximum absolute atomic E-state index is 13.8. The molecule has 2 amide bonds. The number of hydrogen-bond donors (Lipinski definition) is 1. The number of nitrogens with zero attached hydrogens (tertiary/aromatic N) is 3. The van der Waals surface area contributed by atoms with Crippen molar-refractivity contribution >= 4 is 17.6 Å². The van der Waals surface area contributed by atoms with Gasteiger partial charge in [0.1, 0.15) is 24.1 Å². The topological polar surface area (TPSA) is 90.4 Å². The molecule has 1 aliphatic rings. The summed E-state index contributed by atoms with van der Waals surface area (Å²) in [6, 6.07) is 8.06. The molecule has 3 aromatic rings. The third-order valence-corrected chi connectivity index (χ3v) is 5.64. The summed E-state index contributed by atoms with van der Waals surface area (Å²) >= 11 is 6.22. The molecule has 0 spiro atoms. The highest BCUT2D eigenvalue weighted by Crippen LogP contribution is 2.25. The monoisotopic (exact) mass is 460 g/mol. The highest BCUT2D eigenvalue weighted by Gasteiger charge is 2.21. The highest BCUT2D eigenvalue weighted by molar-refractivity contribution is 6.31. The van der Waals surface area contributed by atoms with E-state index < -0.39 is 23.2 Å². The van der Waals surface area contributed by atoms with Gasteiger partial charge >= 0.3 is 6.03 Å². The smallest absolute Gasteiger partial charge is 0.315 e. The van der Waals surface area contributed by atoms with Gasteiger partial charge in [0.2, 0.25) is 5.88 Å². The second kappa shape index (κ2) is 8.58. The van der Waals surface area contributed by atoms with E-state index in [2.05, 4.69) is 4.98 Å². The third kappa shape index (κ3) is 4.16. The largest absolute Gasteiger partial charge is 0.471 e. The fourth-order valence-electron chi connectivity index (χ4n) is 3.64. The molecule has 0 aliphatic carbocycles. The third-order valence-electron chi connectivity index (χ3n) is 5.32. The van der Waals surface area contributed by atoms with Crippen molar-refractivity contribution in [2.45, 2.75) is 26.5 Å². The second-order valence-electron chi connectivity index (χ2n) is 7.41. The Labute approximate surface area is 187 Å². The van der Waals surface area contributed by atoms with E-state index in [0.717, 1.165) is 23.3 Å². The van der Waals surface area contributed by atoms with Crippen LogP contribution >= 0.6 is 11.6 Å². The van der Waals surface area contributed by atoms with Gasteiger partial charge in [0.05, 0.1) is 5.69 Å². The fraction of sp³-hybridized carbons (Fsp3) is 0.227. The lowest BCUT2D eigenvalue weighted by Crippen LogP contribution is -2.39. The minimum absolute atomic E-state index is 0.0970. The molecule has 1 aliphatic heterocycles. The summed E-state index contributed by atoms with van der Waals surface area (Å²) in [5.74, 6) is -1.32. The highest BCUT2D eigenvalue weighted by atomic mass is 35.5. The number of rotatable bonds is 4. The minimum Gasteiger partial charge on any atom is -0.471 e. The van der Waals surface area contributed by atoms with Gasteiger partial charge in [-0.25, -0.2) is 13.6 Å². The molecule has 0 bridgehead atoms. The van der Waals surface area contributed by atoms with Gasteiger partial charge in [0, 0.05) is 24.7 Å². The number of urea groups is 1. The average molecular weight is 461 g/mol. The zero-order chi connectivity index (χ0) is 23.0. The Bertz CT molecular complexity index is 1280. The maximum Gasteiger partial charge on any atom is 0.315 e. The zero-order valence-electron chi connectivity index (χ0n) is 17.1. The quantitative estimate of drug-likeness (QED) is 0.645. The molecule has 2 heterocycles. The molecule has 7 nitrogen and oxygen atoms in total. The molecule has 10 heteroatoms. The zero-order valence-corrected chi connectivity index (χ0v) is 17.8. The van der Waals surface area contributed by atoms with Crippen LogP contribution in [0.4, 0.5) is 13.6 Å². The predicted molar refractivity (Wildman–Crippen MR) is 114 cm³/mol. The van der Waals surface area contributed by atoms with Gasteiger partial charge in [0.25, 0.3) is 5.56 Å². The first kappa shape index (κ1) is 21.8. The lowest BCUT2D eigenvalue weighted by atomic mass is 9.99. The van der Waals surface area contributed by atoms with Crippen LogP contribution in [0.25, 0.3) is 5.69 Å². The van der Waals surface area contributed by atoms with Crippen LogP contribution in [-0.4, -0.2) is 27.0 Å². The normalized spacial score (nSPS) is 13.1. The number of ether oxygens (including phenoxy) is 1. The Balaban J connectivity index is 1.64. The number of halogens is 3. The van der Waals surface area contributed by atoms with Gasteiger partial charge < -0.3 is 15.4 Å². The summed E-state index contributed by atoms with van der Waals surface area (Å²) in [7, 11) is 0. The summed E-state index contributed by atoms with van der Waals surface area (Å²) in [6.45, 7) is 2.22. The van der Waals surface area contributed by atoms with Crippen LogP contribution in [0.3, 0.4) is 0 Å². The molecule has 32 heavy (non-hydrogen) atoms. The van der Waals surface area contributed by atoms with Crippen molar-refractivity contribution in [3.05, 3.63) is 85.9 Å². The Kier molecular flexibility index (Phi) is 5.84. The number of aromatic nitrogens is 2. The van der Waals surface area contributed by atoms with Crippen LogP contribution in [0, 0.1) is 18.6 Å². The molecule has 0 atom stereocenters. The number of carbonyl (C=O) groups excluding carboxylic acids is 1. The van der Waals surface area contributed by atoms with Crippen LogP contribution in [0.2, 0.25) is 5.02 Å². The number of amides is 2. The van der Waals surface area contributed by atoms with Gasteiger partial charge in [-0.1, -0.05) is 17.7 Å². The molecule has 0 unspecified atom stereocenters. The predicted octanol–water partition coefficient (Wildman–Crippen LogP) is 3.49. The maximum atomic E-state index is 13.8. The molecule has 2 aromatic carbocycles. The molecule has 0 radical (unpaired) electrons. The van der Waals surface area contributed by atoms with Gasteiger partial charge in [-0.2, -0.15) is 4.98 Å². The first-order valence-electron chi connectivity index (χ1n) is 9.77. The molecule has 1 aromatic heterocycles. The van der Waals surface area contributed by atoms with Crippen LogP contribution in [0.15, 0.2) is 41.2 Å². The van der Waals surface area contributed by atoms with Gasteiger partial charge in [-0.15, -0.1) is 0 Å². The summed E-state index contributed by atoms with van der Waals surface area (Å²) in [6.07, 6.45) is 0.665. The molecule has 0 saturated heterocycles. The fourth-order valence-corrected chi connectivity index (χ4v) is 3.82. The van der Waals surface area contributed by atoms with E-state index in [1.165, 1.54) is 15.5 Å².